The number of hydrogen-bond acceptors (Lipinski definition) is 2. The number of unbranched alkanes of at least 4 members (excludes halogenated alkanes) is 1. The van der Waals surface area contributed by atoms with Gasteiger partial charge in [-0.25, -0.2) is 0 Å². The quantitative estimate of drug-likeness (QED) is 0.219. The fraction of sp³-hybridized carbons (Fsp3) is 0.389. The summed E-state index contributed by atoms with van der Waals surface area (Å²) in [5, 5.41) is 13.0. The number of hydrogen-bond donors (Lipinski definition) is 0. The van der Waals surface area contributed by atoms with Crippen molar-refractivity contribution in [2.24, 2.45) is 0 Å². The molecule has 3 heteroatoms. The Morgan fingerprint density at radius 2 is 1.08 bits per heavy atom. The van der Waals surface area contributed by atoms with Gasteiger partial charge in [0.15, 0.2) is 0 Å². The van der Waals surface area contributed by atoms with Crippen LogP contribution in [0.2, 0.25) is 0 Å². The molecule has 0 aliphatic heterocycles. The van der Waals surface area contributed by atoms with E-state index >= 15 is 0 Å². The molecule has 1 atom stereocenters. The Morgan fingerprint density at radius 3 is 1.49 bits per heavy atom. The molecule has 0 bridgehead atoms. The molecule has 0 saturated heterocycles. The van der Waals surface area contributed by atoms with Gasteiger partial charge in [0, 0.05) is 6.04 Å². The number of fused-ring (bicyclic) bond motifs is 3. The predicted octanol–water partition coefficient (Wildman–Crippen LogP) is 9.23. The van der Waals surface area contributed by atoms with E-state index in [1.165, 1.54) is 43.4 Å². The van der Waals surface area contributed by atoms with Gasteiger partial charge < -0.3 is 0 Å². The summed E-state index contributed by atoms with van der Waals surface area (Å²) < 4.78 is 1.56. The molecule has 0 amide bonds. The highest BCUT2D eigenvalue weighted by Gasteiger charge is 2.32. The van der Waals surface area contributed by atoms with Gasteiger partial charge in [-0.3, -0.25) is 14.2 Å². The van der Waals surface area contributed by atoms with E-state index in [1.54, 1.807) is 4.57 Å². The van der Waals surface area contributed by atoms with Crippen molar-refractivity contribution in [2.75, 3.05) is 0 Å². The number of nitrogens with zero attached hydrogens (tertiary/aromatic N) is 1. The average Bonchev–Trinajstić information content (AvgIpc) is 3.36. The number of benzene rings is 5. The molecule has 1 unspecified atom stereocenters. The van der Waals surface area contributed by atoms with Gasteiger partial charge in [0.25, 0.3) is 11.1 Å². The monoisotopic (exact) mass is 515 g/mol. The Hall–Kier alpha value is -3.46. The molecule has 0 spiro atoms. The van der Waals surface area contributed by atoms with Crippen molar-refractivity contribution in [2.45, 2.75) is 91.5 Å². The molecule has 1 aromatic heterocycles. The van der Waals surface area contributed by atoms with Crippen molar-refractivity contribution < 1.29 is 0 Å². The predicted molar refractivity (Wildman–Crippen MR) is 168 cm³/mol. The second-order valence-corrected chi connectivity index (χ2v) is 14.0. The van der Waals surface area contributed by atoms with Gasteiger partial charge in [-0.2, -0.15) is 0 Å². The molecular weight excluding hydrogens is 478 g/mol. The van der Waals surface area contributed by atoms with E-state index in [2.05, 4.69) is 84.9 Å². The minimum atomic E-state index is -0.127. The highest BCUT2D eigenvalue weighted by molar-refractivity contribution is 6.48. The van der Waals surface area contributed by atoms with E-state index in [1.807, 2.05) is 6.92 Å². The van der Waals surface area contributed by atoms with Crippen molar-refractivity contribution in [3.63, 3.8) is 0 Å². The summed E-state index contributed by atoms with van der Waals surface area (Å²) in [5.41, 5.74) is 1.96. The Kier molecular flexibility index (Phi) is 4.78. The number of aromatic nitrogens is 1. The fourth-order valence-corrected chi connectivity index (χ4v) is 7.47. The first-order valence-electron chi connectivity index (χ1n) is 14.5. The SMILES string of the molecule is CCCCC(C)n1c(=O)c2c3cc(C(C)(C)C)c4ccc5ccc6c(C(C)(C)C)cc(c2c1=O)c1c6c5c4c31. The average molecular weight is 516 g/mol. The van der Waals surface area contributed by atoms with Gasteiger partial charge in [0.1, 0.15) is 0 Å². The van der Waals surface area contributed by atoms with Crippen LogP contribution in [0.15, 0.2) is 46.0 Å². The Morgan fingerprint density at radius 1 is 0.641 bits per heavy atom. The summed E-state index contributed by atoms with van der Waals surface area (Å²) in [7, 11) is 0. The Balaban J connectivity index is 1.85. The van der Waals surface area contributed by atoms with Gasteiger partial charge in [-0.1, -0.05) is 85.6 Å². The van der Waals surface area contributed by atoms with Crippen molar-refractivity contribution >= 4 is 64.6 Å². The van der Waals surface area contributed by atoms with Gasteiger partial charge in [-0.05, 0) is 101 Å². The Labute approximate surface area is 228 Å². The molecule has 0 saturated carbocycles. The maximum Gasteiger partial charge on any atom is 0.262 e. The molecule has 0 aliphatic rings. The molecule has 198 valence electrons. The third-order valence-electron chi connectivity index (χ3n) is 9.32. The second-order valence-electron chi connectivity index (χ2n) is 14.0. The molecule has 3 nitrogen and oxygen atoms in total. The molecule has 0 N–H and O–H groups in total. The van der Waals surface area contributed by atoms with Crippen molar-refractivity contribution in [3.8, 4) is 0 Å². The lowest BCUT2D eigenvalue weighted by Crippen LogP contribution is -2.28. The second kappa shape index (κ2) is 7.59. The summed E-state index contributed by atoms with van der Waals surface area (Å²) in [6.45, 7) is 17.6. The van der Waals surface area contributed by atoms with E-state index in [0.717, 1.165) is 40.8 Å². The third-order valence-corrected chi connectivity index (χ3v) is 9.32. The zero-order chi connectivity index (χ0) is 27.8. The zero-order valence-electron chi connectivity index (χ0n) is 24.4. The highest BCUT2D eigenvalue weighted by atomic mass is 16.2. The van der Waals surface area contributed by atoms with Crippen molar-refractivity contribution in [1.29, 1.82) is 0 Å². The van der Waals surface area contributed by atoms with E-state index in [-0.39, 0.29) is 28.0 Å². The summed E-state index contributed by atoms with van der Waals surface area (Å²) >= 11 is 0. The molecular formula is C36H37NO2. The molecule has 7 aromatic rings. The van der Waals surface area contributed by atoms with Crippen molar-refractivity contribution in [3.05, 3.63) is 68.2 Å². The Bertz CT molecular complexity index is 2020. The maximum atomic E-state index is 14.3. The molecule has 0 fully saturated rings. The first-order chi connectivity index (χ1) is 18.4. The fourth-order valence-electron chi connectivity index (χ4n) is 7.47. The van der Waals surface area contributed by atoms with Crippen LogP contribution >= 0.6 is 0 Å². The van der Waals surface area contributed by atoms with Crippen LogP contribution < -0.4 is 11.1 Å². The highest BCUT2D eigenvalue weighted by Crippen LogP contribution is 2.53. The zero-order valence-corrected chi connectivity index (χ0v) is 24.4. The van der Waals surface area contributed by atoms with Gasteiger partial charge in [-0.15, -0.1) is 0 Å². The van der Waals surface area contributed by atoms with Gasteiger partial charge in [0.2, 0.25) is 0 Å². The lowest BCUT2D eigenvalue weighted by molar-refractivity contribution is 0.469. The minimum absolute atomic E-state index is 0.122. The lowest BCUT2D eigenvalue weighted by atomic mass is 9.80. The van der Waals surface area contributed by atoms with Crippen LogP contribution in [0.25, 0.3) is 64.6 Å². The molecule has 39 heavy (non-hydrogen) atoms. The summed E-state index contributed by atoms with van der Waals surface area (Å²) in [6.07, 6.45) is 2.87. The first-order valence-corrected chi connectivity index (χ1v) is 14.5. The van der Waals surface area contributed by atoms with Crippen LogP contribution in [0.3, 0.4) is 0 Å². The first kappa shape index (κ1) is 24.6. The minimum Gasteiger partial charge on any atom is -0.271 e. The van der Waals surface area contributed by atoms with Crippen molar-refractivity contribution in [1.82, 2.24) is 4.57 Å². The lowest BCUT2D eigenvalue weighted by Gasteiger charge is -2.23. The largest absolute Gasteiger partial charge is 0.271 e. The van der Waals surface area contributed by atoms with Crippen LogP contribution in [0, 0.1) is 0 Å². The maximum absolute atomic E-state index is 14.3. The standard InChI is InChI=1S/C36H37NO2/c1-9-10-11-18(2)37-33(38)31-22-16-24(35(3,4)5)20-14-12-19-13-15-21-25(36(6,7)8)17-23(32(31)34(37)39)30-28(21)26(19)27(20)29(22)30/h12-18H,9-11H2,1-8H3. The molecule has 0 radical (unpaired) electrons. The number of rotatable bonds is 4. The third kappa shape index (κ3) is 2.99. The van der Waals surface area contributed by atoms with Crippen LogP contribution in [0.4, 0.5) is 0 Å². The van der Waals surface area contributed by atoms with Crippen LogP contribution in [0.1, 0.15) is 91.8 Å². The molecule has 6 aromatic carbocycles. The normalized spacial score (nSPS) is 14.6. The van der Waals surface area contributed by atoms with E-state index in [9.17, 15) is 9.59 Å². The topological polar surface area (TPSA) is 39.1 Å². The van der Waals surface area contributed by atoms with E-state index in [0.29, 0.717) is 10.8 Å². The molecule has 7 rings (SSSR count). The van der Waals surface area contributed by atoms with E-state index < -0.39 is 0 Å². The summed E-state index contributed by atoms with van der Waals surface area (Å²) in [6, 6.07) is 13.4. The summed E-state index contributed by atoms with van der Waals surface area (Å²) in [5.74, 6) is 0. The molecule has 0 aliphatic carbocycles. The van der Waals surface area contributed by atoms with E-state index in [4.69, 9.17) is 0 Å². The van der Waals surface area contributed by atoms with Crippen LogP contribution in [-0.4, -0.2) is 4.57 Å². The molecule has 1 heterocycles. The summed E-state index contributed by atoms with van der Waals surface area (Å²) in [4.78, 5) is 28.6. The van der Waals surface area contributed by atoms with Gasteiger partial charge >= 0.3 is 0 Å². The van der Waals surface area contributed by atoms with Crippen LogP contribution in [0.5, 0.6) is 0 Å². The van der Waals surface area contributed by atoms with Crippen LogP contribution in [-0.2, 0) is 10.8 Å². The smallest absolute Gasteiger partial charge is 0.262 e. The van der Waals surface area contributed by atoms with Gasteiger partial charge in [0.05, 0.1) is 10.8 Å².